The summed E-state index contributed by atoms with van der Waals surface area (Å²) in [6, 6.07) is 10.00. The Bertz CT molecular complexity index is 586. The second-order valence-corrected chi connectivity index (χ2v) is 5.50. The molecule has 0 fully saturated rings. The first kappa shape index (κ1) is 15.3. The molecule has 0 bridgehead atoms. The first-order valence-electron chi connectivity index (χ1n) is 7.48. The van der Waals surface area contributed by atoms with Crippen LogP contribution in [-0.2, 0) is 17.6 Å². The lowest BCUT2D eigenvalue weighted by Gasteiger charge is -2.08. The van der Waals surface area contributed by atoms with Crippen molar-refractivity contribution in [3.05, 3.63) is 47.8 Å². The molecule has 2 aromatic rings. The molecule has 0 saturated carbocycles. The quantitative estimate of drug-likeness (QED) is 0.795. The van der Waals surface area contributed by atoms with Crippen LogP contribution in [0, 0.1) is 0 Å². The van der Waals surface area contributed by atoms with Crippen molar-refractivity contribution >= 4 is 11.5 Å². The second kappa shape index (κ2) is 7.07. The minimum absolute atomic E-state index is 0.223. The normalized spacial score (nSPS) is 12.3. The number of carbonyl (C=O) groups excluding carboxylic acids is 1. The van der Waals surface area contributed by atoms with Crippen LogP contribution < -0.4 is 5.73 Å². The molecule has 21 heavy (non-hydrogen) atoms. The van der Waals surface area contributed by atoms with Crippen LogP contribution in [0.3, 0.4) is 0 Å². The zero-order chi connectivity index (χ0) is 15.2. The third-order valence-electron chi connectivity index (χ3n) is 3.76. The van der Waals surface area contributed by atoms with E-state index in [1.54, 1.807) is 0 Å². The molecule has 4 heteroatoms. The maximum absolute atomic E-state index is 12.0. The highest BCUT2D eigenvalue weighted by atomic mass is 16.1. The van der Waals surface area contributed by atoms with E-state index in [0.29, 0.717) is 18.9 Å². The zero-order valence-electron chi connectivity index (χ0n) is 12.7. The average Bonchev–Trinajstić information content (AvgIpc) is 2.94. The second-order valence-electron chi connectivity index (χ2n) is 5.50. The number of nitrogens with zero attached hydrogens (tertiary/aromatic N) is 2. The first-order valence-corrected chi connectivity index (χ1v) is 7.48. The summed E-state index contributed by atoms with van der Waals surface area (Å²) in [5, 5.41) is 4.47. The van der Waals surface area contributed by atoms with E-state index in [1.807, 2.05) is 41.2 Å². The van der Waals surface area contributed by atoms with E-state index in [4.69, 9.17) is 5.73 Å². The van der Waals surface area contributed by atoms with Crippen molar-refractivity contribution in [2.75, 3.05) is 5.73 Å². The van der Waals surface area contributed by atoms with Crippen molar-refractivity contribution in [3.63, 3.8) is 0 Å². The molecule has 1 heterocycles. The summed E-state index contributed by atoms with van der Waals surface area (Å²) in [5.41, 5.74) is 8.40. The Hall–Kier alpha value is -2.10. The molecule has 0 aliphatic rings. The number of rotatable bonds is 7. The summed E-state index contributed by atoms with van der Waals surface area (Å²) >= 11 is 0. The summed E-state index contributed by atoms with van der Waals surface area (Å²) < 4.78 is 1.93. The highest BCUT2D eigenvalue weighted by molar-refractivity contribution is 5.80. The van der Waals surface area contributed by atoms with Gasteiger partial charge in [-0.25, -0.2) is 0 Å². The van der Waals surface area contributed by atoms with Gasteiger partial charge in [-0.3, -0.25) is 9.48 Å². The number of anilines is 1. The minimum Gasteiger partial charge on any atom is -0.399 e. The Kier molecular flexibility index (Phi) is 5.14. The van der Waals surface area contributed by atoms with Crippen molar-refractivity contribution in [1.82, 2.24) is 9.78 Å². The molecule has 1 unspecified atom stereocenters. The maximum Gasteiger partial charge on any atom is 0.139 e. The van der Waals surface area contributed by atoms with Gasteiger partial charge in [0, 0.05) is 24.3 Å². The Morgan fingerprint density at radius 2 is 2.00 bits per heavy atom. The molecule has 1 aromatic heterocycles. The van der Waals surface area contributed by atoms with Crippen molar-refractivity contribution in [2.45, 2.75) is 45.6 Å². The Labute approximate surface area is 126 Å². The number of nitrogen functional groups attached to an aromatic ring is 1. The molecule has 2 N–H and O–H groups in total. The van der Waals surface area contributed by atoms with Crippen LogP contribution in [-0.4, -0.2) is 15.6 Å². The van der Waals surface area contributed by atoms with E-state index in [-0.39, 0.29) is 5.78 Å². The molecule has 0 aliphatic heterocycles. The SMILES string of the molecule is CCC(C)n1ccc(CC(=O)CCc2ccc(N)cc2)n1. The maximum atomic E-state index is 12.0. The van der Waals surface area contributed by atoms with Gasteiger partial charge in [0.15, 0.2) is 0 Å². The Morgan fingerprint density at radius 1 is 1.29 bits per heavy atom. The number of aromatic nitrogens is 2. The van der Waals surface area contributed by atoms with Gasteiger partial charge < -0.3 is 5.73 Å². The fraction of sp³-hybridized carbons (Fsp3) is 0.412. The van der Waals surface area contributed by atoms with Gasteiger partial charge in [0.2, 0.25) is 0 Å². The van der Waals surface area contributed by atoms with Gasteiger partial charge in [-0.2, -0.15) is 5.10 Å². The molecular formula is C17H23N3O. The lowest BCUT2D eigenvalue weighted by Crippen LogP contribution is -2.08. The van der Waals surface area contributed by atoms with E-state index in [0.717, 1.165) is 29.8 Å². The fourth-order valence-electron chi connectivity index (χ4n) is 2.16. The van der Waals surface area contributed by atoms with Crippen LogP contribution in [0.5, 0.6) is 0 Å². The number of hydrogen-bond donors (Lipinski definition) is 1. The van der Waals surface area contributed by atoms with Crippen LogP contribution in [0.1, 0.15) is 44.0 Å². The number of carbonyl (C=O) groups is 1. The van der Waals surface area contributed by atoms with Gasteiger partial charge in [0.25, 0.3) is 0 Å². The molecule has 1 atom stereocenters. The zero-order valence-corrected chi connectivity index (χ0v) is 12.7. The Morgan fingerprint density at radius 3 is 2.67 bits per heavy atom. The number of benzene rings is 1. The van der Waals surface area contributed by atoms with Gasteiger partial charge >= 0.3 is 0 Å². The van der Waals surface area contributed by atoms with Crippen LogP contribution >= 0.6 is 0 Å². The number of ketones is 1. The van der Waals surface area contributed by atoms with E-state index >= 15 is 0 Å². The first-order chi connectivity index (χ1) is 10.1. The summed E-state index contributed by atoms with van der Waals surface area (Å²) in [6.45, 7) is 4.25. The number of nitrogens with two attached hydrogens (primary N) is 1. The number of Topliss-reactive ketones (excluding diaryl/α,β-unsaturated/α-hetero) is 1. The largest absolute Gasteiger partial charge is 0.399 e. The molecule has 0 radical (unpaired) electrons. The average molecular weight is 285 g/mol. The van der Waals surface area contributed by atoms with Gasteiger partial charge in [-0.05, 0) is 43.5 Å². The van der Waals surface area contributed by atoms with Crippen molar-refractivity contribution < 1.29 is 4.79 Å². The Balaban J connectivity index is 1.84. The van der Waals surface area contributed by atoms with Gasteiger partial charge in [-0.15, -0.1) is 0 Å². The standard InChI is InChI=1S/C17H23N3O/c1-3-13(2)20-11-10-16(19-20)12-17(21)9-6-14-4-7-15(18)8-5-14/h4-5,7-8,10-11,13H,3,6,9,12,18H2,1-2H3. The summed E-state index contributed by atoms with van der Waals surface area (Å²) in [6.07, 6.45) is 4.70. The summed E-state index contributed by atoms with van der Waals surface area (Å²) in [4.78, 5) is 12.0. The molecule has 4 nitrogen and oxygen atoms in total. The highest BCUT2D eigenvalue weighted by Crippen LogP contribution is 2.11. The van der Waals surface area contributed by atoms with E-state index in [1.165, 1.54) is 0 Å². The van der Waals surface area contributed by atoms with E-state index in [2.05, 4.69) is 18.9 Å². The predicted molar refractivity (Wildman–Crippen MR) is 85.1 cm³/mol. The molecule has 0 aliphatic carbocycles. The molecular weight excluding hydrogens is 262 g/mol. The highest BCUT2D eigenvalue weighted by Gasteiger charge is 2.09. The van der Waals surface area contributed by atoms with Crippen LogP contribution in [0.15, 0.2) is 36.5 Å². The lowest BCUT2D eigenvalue weighted by molar-refractivity contribution is -0.118. The molecule has 2 rings (SSSR count). The predicted octanol–water partition coefficient (Wildman–Crippen LogP) is 3.18. The van der Waals surface area contributed by atoms with E-state index in [9.17, 15) is 4.79 Å². The minimum atomic E-state index is 0.223. The third-order valence-corrected chi connectivity index (χ3v) is 3.76. The van der Waals surface area contributed by atoms with Gasteiger partial charge in [0.05, 0.1) is 12.1 Å². The van der Waals surface area contributed by atoms with E-state index < -0.39 is 0 Å². The fourth-order valence-corrected chi connectivity index (χ4v) is 2.16. The van der Waals surface area contributed by atoms with Crippen LogP contribution in [0.4, 0.5) is 5.69 Å². The third kappa shape index (κ3) is 4.45. The molecule has 0 amide bonds. The van der Waals surface area contributed by atoms with Crippen molar-refractivity contribution in [1.29, 1.82) is 0 Å². The summed E-state index contributed by atoms with van der Waals surface area (Å²) in [7, 11) is 0. The molecule has 0 saturated heterocycles. The van der Waals surface area contributed by atoms with Crippen molar-refractivity contribution in [3.8, 4) is 0 Å². The smallest absolute Gasteiger partial charge is 0.139 e. The van der Waals surface area contributed by atoms with Crippen LogP contribution in [0.2, 0.25) is 0 Å². The van der Waals surface area contributed by atoms with Gasteiger partial charge in [-0.1, -0.05) is 19.1 Å². The van der Waals surface area contributed by atoms with Gasteiger partial charge in [0.1, 0.15) is 5.78 Å². The number of aryl methyl sites for hydroxylation is 1. The number of hydrogen-bond acceptors (Lipinski definition) is 3. The topological polar surface area (TPSA) is 60.9 Å². The van der Waals surface area contributed by atoms with Crippen LogP contribution in [0.25, 0.3) is 0 Å². The molecule has 112 valence electrons. The molecule has 0 spiro atoms. The van der Waals surface area contributed by atoms with Crippen molar-refractivity contribution in [2.24, 2.45) is 0 Å². The summed E-state index contributed by atoms with van der Waals surface area (Å²) in [5.74, 6) is 0.223. The lowest BCUT2D eigenvalue weighted by atomic mass is 10.0. The molecule has 1 aromatic carbocycles. The monoisotopic (exact) mass is 285 g/mol.